The van der Waals surface area contributed by atoms with E-state index in [9.17, 15) is 18.0 Å². The van der Waals surface area contributed by atoms with Crippen LogP contribution in [0.15, 0.2) is 10.9 Å². The summed E-state index contributed by atoms with van der Waals surface area (Å²) in [7, 11) is 0. The summed E-state index contributed by atoms with van der Waals surface area (Å²) >= 11 is 0. The lowest BCUT2D eigenvalue weighted by Crippen LogP contribution is -2.17. The van der Waals surface area contributed by atoms with Crippen molar-refractivity contribution in [2.24, 2.45) is 0 Å². The average molecular weight is 180 g/mol. The third-order valence-electron chi connectivity index (χ3n) is 0.997. The Hall–Kier alpha value is -1.53. The molecule has 0 aliphatic heterocycles. The maximum absolute atomic E-state index is 11.8. The molecule has 4 nitrogen and oxygen atoms in total. The lowest BCUT2D eigenvalue weighted by Gasteiger charge is -2.03. The molecule has 0 fully saturated rings. The third kappa shape index (κ3) is 1.74. The summed E-state index contributed by atoms with van der Waals surface area (Å²) in [6, 6.07) is 0.551. The maximum atomic E-state index is 11.8. The van der Waals surface area contributed by atoms with Crippen LogP contribution in [-0.4, -0.2) is 15.1 Å². The Morgan fingerprint density at radius 3 is 2.50 bits per heavy atom. The fourth-order valence-corrected chi connectivity index (χ4v) is 0.579. The Labute approximate surface area is 63.7 Å². The van der Waals surface area contributed by atoms with E-state index in [1.165, 1.54) is 4.98 Å². The van der Waals surface area contributed by atoms with Gasteiger partial charge in [0, 0.05) is 0 Å². The normalized spacial score (nSPS) is 11.6. The van der Waals surface area contributed by atoms with Crippen LogP contribution >= 0.6 is 0 Å². The number of nitrogens with one attached hydrogen (secondary N) is 1. The van der Waals surface area contributed by atoms with Gasteiger partial charge in [-0.3, -0.25) is 4.79 Å². The Morgan fingerprint density at radius 1 is 1.50 bits per heavy atom. The van der Waals surface area contributed by atoms with Gasteiger partial charge in [0.1, 0.15) is 0 Å². The van der Waals surface area contributed by atoms with Crippen LogP contribution in [0.25, 0.3) is 0 Å². The molecule has 1 heterocycles. The van der Waals surface area contributed by atoms with Crippen molar-refractivity contribution in [1.29, 1.82) is 0 Å². The van der Waals surface area contributed by atoms with E-state index in [0.29, 0.717) is 6.07 Å². The lowest BCUT2D eigenvalue weighted by atomic mass is 10.5. The molecule has 2 N–H and O–H groups in total. The van der Waals surface area contributed by atoms with Crippen LogP contribution in [0.2, 0.25) is 0 Å². The predicted octanol–water partition coefficient (Wildman–Crippen LogP) is 0.494. The molecule has 1 aromatic heterocycles. The quantitative estimate of drug-likeness (QED) is 0.610. The second-order valence-electron chi connectivity index (χ2n) is 1.95. The fourth-order valence-electron chi connectivity index (χ4n) is 0.579. The van der Waals surface area contributed by atoms with Gasteiger partial charge >= 0.3 is 6.18 Å². The average Bonchev–Trinajstić information content (AvgIpc) is 1.82. The molecule has 66 valence electrons. The number of hydrogen-bond acceptors (Lipinski definition) is 3. The molecular formula is C5H3F3N2O2. The summed E-state index contributed by atoms with van der Waals surface area (Å²) in [6.45, 7) is 0. The number of rotatable bonds is 0. The zero-order valence-electron chi connectivity index (χ0n) is 5.51. The topological polar surface area (TPSA) is 66.0 Å². The highest BCUT2D eigenvalue weighted by molar-refractivity contribution is 5.07. The molecule has 0 aliphatic rings. The largest absolute Gasteiger partial charge is 0.493 e. The van der Waals surface area contributed by atoms with Crippen molar-refractivity contribution < 1.29 is 18.3 Å². The summed E-state index contributed by atoms with van der Waals surface area (Å²) in [5.41, 5.74) is -1.05. The van der Waals surface area contributed by atoms with Crippen LogP contribution in [-0.2, 0) is 6.18 Å². The molecule has 0 spiro atoms. The fraction of sp³-hybridized carbons (Fsp3) is 0.200. The van der Waals surface area contributed by atoms with E-state index in [1.807, 2.05) is 0 Å². The first-order valence-corrected chi connectivity index (χ1v) is 2.77. The van der Waals surface area contributed by atoms with Crippen molar-refractivity contribution in [2.45, 2.75) is 6.18 Å². The number of alkyl halides is 3. The highest BCUT2D eigenvalue weighted by Crippen LogP contribution is 2.25. The zero-order chi connectivity index (χ0) is 9.35. The van der Waals surface area contributed by atoms with Gasteiger partial charge in [-0.05, 0) is 0 Å². The first kappa shape index (κ1) is 8.57. The van der Waals surface area contributed by atoms with Crippen LogP contribution in [0.3, 0.4) is 0 Å². The minimum Gasteiger partial charge on any atom is -0.493 e. The number of aromatic nitrogens is 2. The van der Waals surface area contributed by atoms with E-state index in [2.05, 4.69) is 4.98 Å². The van der Waals surface area contributed by atoms with Gasteiger partial charge in [0.15, 0.2) is 0 Å². The van der Waals surface area contributed by atoms with Crippen molar-refractivity contribution in [1.82, 2.24) is 9.97 Å². The molecule has 0 saturated carbocycles. The van der Waals surface area contributed by atoms with Gasteiger partial charge in [0.2, 0.25) is 11.7 Å². The summed E-state index contributed by atoms with van der Waals surface area (Å²) in [5.74, 6) is -2.46. The molecule has 1 rings (SSSR count). The third-order valence-corrected chi connectivity index (χ3v) is 0.997. The molecule has 0 atom stereocenters. The van der Waals surface area contributed by atoms with Crippen molar-refractivity contribution in [3.05, 3.63) is 22.2 Å². The highest BCUT2D eigenvalue weighted by Gasteiger charge is 2.34. The van der Waals surface area contributed by atoms with Gasteiger partial charge in [-0.15, -0.1) is 0 Å². The van der Waals surface area contributed by atoms with Gasteiger partial charge in [0.05, 0.1) is 6.07 Å². The molecule has 12 heavy (non-hydrogen) atoms. The number of H-pyrrole nitrogens is 1. The SMILES string of the molecule is O=c1cc(O)nc(C(F)(F)F)[nH]1. The van der Waals surface area contributed by atoms with Crippen LogP contribution < -0.4 is 5.56 Å². The summed E-state index contributed by atoms with van der Waals surface area (Å²) in [4.78, 5) is 14.5. The highest BCUT2D eigenvalue weighted by atomic mass is 19.4. The number of aromatic amines is 1. The van der Waals surface area contributed by atoms with Gasteiger partial charge in [-0.1, -0.05) is 0 Å². The van der Waals surface area contributed by atoms with Crippen LogP contribution in [0.1, 0.15) is 5.82 Å². The number of halogens is 3. The molecular weight excluding hydrogens is 177 g/mol. The molecule has 0 unspecified atom stereocenters. The van der Waals surface area contributed by atoms with E-state index in [-0.39, 0.29) is 0 Å². The van der Waals surface area contributed by atoms with Crippen molar-refractivity contribution >= 4 is 0 Å². The molecule has 0 saturated heterocycles. The van der Waals surface area contributed by atoms with Gasteiger partial charge in [0.25, 0.3) is 5.56 Å². The van der Waals surface area contributed by atoms with Crippen LogP contribution in [0.5, 0.6) is 5.88 Å². The van der Waals surface area contributed by atoms with Crippen LogP contribution in [0, 0.1) is 0 Å². The Morgan fingerprint density at radius 2 is 2.08 bits per heavy atom. The molecule has 1 aromatic rings. The van der Waals surface area contributed by atoms with Gasteiger partial charge < -0.3 is 10.1 Å². The van der Waals surface area contributed by atoms with Gasteiger partial charge in [-0.2, -0.15) is 18.2 Å². The van der Waals surface area contributed by atoms with E-state index in [4.69, 9.17) is 5.11 Å². The van der Waals surface area contributed by atoms with Gasteiger partial charge in [-0.25, -0.2) is 0 Å². The first-order valence-electron chi connectivity index (χ1n) is 2.77. The summed E-state index contributed by atoms with van der Waals surface area (Å²) in [5, 5.41) is 8.53. The second kappa shape index (κ2) is 2.50. The molecule has 0 amide bonds. The minimum atomic E-state index is -4.75. The van der Waals surface area contributed by atoms with E-state index >= 15 is 0 Å². The Balaban J connectivity index is 3.27. The zero-order valence-corrected chi connectivity index (χ0v) is 5.51. The van der Waals surface area contributed by atoms with Crippen molar-refractivity contribution in [3.63, 3.8) is 0 Å². The smallest absolute Gasteiger partial charge is 0.449 e. The molecule has 0 aliphatic carbocycles. The van der Waals surface area contributed by atoms with E-state index in [1.54, 1.807) is 0 Å². The molecule has 0 bridgehead atoms. The summed E-state index contributed by atoms with van der Waals surface area (Å²) < 4.78 is 35.4. The number of hydrogen-bond donors (Lipinski definition) is 2. The minimum absolute atomic E-state index is 0.551. The Bertz CT molecular complexity index is 343. The number of aromatic hydroxyl groups is 1. The predicted molar refractivity (Wildman–Crippen MR) is 31.5 cm³/mol. The second-order valence-corrected chi connectivity index (χ2v) is 1.95. The molecule has 0 aromatic carbocycles. The van der Waals surface area contributed by atoms with E-state index < -0.39 is 23.4 Å². The standard InChI is InChI=1S/C5H3F3N2O2/c6-5(7,8)4-9-2(11)1-3(12)10-4/h1H,(H2,9,10,11,12). The number of nitrogens with zero attached hydrogens (tertiary/aromatic N) is 1. The lowest BCUT2D eigenvalue weighted by molar-refractivity contribution is -0.145. The first-order chi connectivity index (χ1) is 5.39. The van der Waals surface area contributed by atoms with Crippen molar-refractivity contribution in [3.8, 4) is 5.88 Å². The molecule has 0 radical (unpaired) electrons. The monoisotopic (exact) mass is 180 g/mol. The summed E-state index contributed by atoms with van der Waals surface area (Å²) in [6.07, 6.45) is -4.75. The Kier molecular flexibility index (Phi) is 1.79. The molecule has 7 heteroatoms. The maximum Gasteiger partial charge on any atom is 0.449 e. The van der Waals surface area contributed by atoms with Crippen LogP contribution in [0.4, 0.5) is 13.2 Å². The van der Waals surface area contributed by atoms with E-state index in [0.717, 1.165) is 0 Å². The van der Waals surface area contributed by atoms with Crippen molar-refractivity contribution in [2.75, 3.05) is 0 Å².